The summed E-state index contributed by atoms with van der Waals surface area (Å²) in [5, 5.41) is 3.56. The van der Waals surface area contributed by atoms with Crippen molar-refractivity contribution in [3.63, 3.8) is 0 Å². The topological polar surface area (TPSA) is 29.1 Å². The molecular formula is C14H10BrClINO. The molecule has 0 aliphatic rings. The van der Waals surface area contributed by atoms with E-state index in [2.05, 4.69) is 43.8 Å². The number of carbonyl (C=O) groups is 1. The van der Waals surface area contributed by atoms with Gasteiger partial charge in [0, 0.05) is 13.1 Å². The molecule has 5 heteroatoms. The SMILES string of the molecule is O=C(Cc1ccc(Cl)cc1)Nc1cc(I)ccc1Br. The van der Waals surface area contributed by atoms with Gasteiger partial charge >= 0.3 is 0 Å². The summed E-state index contributed by atoms with van der Waals surface area (Å²) >= 11 is 11.4. The molecule has 0 saturated heterocycles. The molecule has 2 rings (SSSR count). The molecule has 0 spiro atoms. The molecule has 0 aliphatic carbocycles. The first-order valence-electron chi connectivity index (χ1n) is 5.54. The van der Waals surface area contributed by atoms with Crippen molar-refractivity contribution in [2.24, 2.45) is 0 Å². The minimum atomic E-state index is -0.0509. The second-order valence-electron chi connectivity index (χ2n) is 3.98. The van der Waals surface area contributed by atoms with E-state index >= 15 is 0 Å². The lowest BCUT2D eigenvalue weighted by atomic mass is 10.1. The van der Waals surface area contributed by atoms with Gasteiger partial charge in [-0.2, -0.15) is 0 Å². The van der Waals surface area contributed by atoms with Crippen LogP contribution in [0.4, 0.5) is 5.69 Å². The molecule has 1 amide bonds. The van der Waals surface area contributed by atoms with E-state index in [9.17, 15) is 4.79 Å². The number of halogens is 3. The van der Waals surface area contributed by atoms with Crippen molar-refractivity contribution in [2.75, 3.05) is 5.32 Å². The van der Waals surface area contributed by atoms with Crippen LogP contribution in [0.15, 0.2) is 46.9 Å². The van der Waals surface area contributed by atoms with Crippen LogP contribution in [0.25, 0.3) is 0 Å². The fourth-order valence-electron chi connectivity index (χ4n) is 1.58. The molecule has 2 nitrogen and oxygen atoms in total. The van der Waals surface area contributed by atoms with Crippen molar-refractivity contribution < 1.29 is 4.79 Å². The van der Waals surface area contributed by atoms with E-state index < -0.39 is 0 Å². The molecule has 1 N–H and O–H groups in total. The maximum atomic E-state index is 12.0. The van der Waals surface area contributed by atoms with Crippen LogP contribution in [0, 0.1) is 3.57 Å². The molecular weight excluding hydrogens is 440 g/mol. The van der Waals surface area contributed by atoms with Crippen molar-refractivity contribution in [1.29, 1.82) is 0 Å². The number of rotatable bonds is 3. The fourth-order valence-corrected chi connectivity index (χ4v) is 2.54. The van der Waals surface area contributed by atoms with Gasteiger partial charge in [0.25, 0.3) is 0 Å². The lowest BCUT2D eigenvalue weighted by Gasteiger charge is -2.08. The molecule has 0 unspecified atom stereocenters. The van der Waals surface area contributed by atoms with Gasteiger partial charge in [0.2, 0.25) is 5.91 Å². The van der Waals surface area contributed by atoms with Gasteiger partial charge in [-0.1, -0.05) is 23.7 Å². The maximum absolute atomic E-state index is 12.0. The van der Waals surface area contributed by atoms with Gasteiger partial charge < -0.3 is 5.32 Å². The highest BCUT2D eigenvalue weighted by Crippen LogP contribution is 2.24. The first-order valence-corrected chi connectivity index (χ1v) is 7.79. The Morgan fingerprint density at radius 1 is 1.21 bits per heavy atom. The Morgan fingerprint density at radius 2 is 1.89 bits per heavy atom. The number of amides is 1. The van der Waals surface area contributed by atoms with Crippen LogP contribution in [0.5, 0.6) is 0 Å². The summed E-state index contributed by atoms with van der Waals surface area (Å²) in [7, 11) is 0. The normalized spacial score (nSPS) is 10.3. The Labute approximate surface area is 138 Å². The zero-order chi connectivity index (χ0) is 13.8. The predicted octanol–water partition coefficient (Wildman–Crippen LogP) is 4.89. The van der Waals surface area contributed by atoms with E-state index in [1.54, 1.807) is 12.1 Å². The zero-order valence-corrected chi connectivity index (χ0v) is 14.3. The molecule has 19 heavy (non-hydrogen) atoms. The number of benzene rings is 2. The number of anilines is 1. The number of nitrogens with one attached hydrogen (secondary N) is 1. The Bertz CT molecular complexity index is 601. The lowest BCUT2D eigenvalue weighted by molar-refractivity contribution is -0.115. The van der Waals surface area contributed by atoms with Crippen molar-refractivity contribution in [3.8, 4) is 0 Å². The van der Waals surface area contributed by atoms with Crippen molar-refractivity contribution >= 4 is 61.7 Å². The third-order valence-electron chi connectivity index (χ3n) is 2.48. The summed E-state index contributed by atoms with van der Waals surface area (Å²) in [4.78, 5) is 12.0. The van der Waals surface area contributed by atoms with Crippen LogP contribution in [0.1, 0.15) is 5.56 Å². The molecule has 0 fully saturated rings. The second kappa shape index (κ2) is 6.72. The molecule has 0 atom stereocenters. The van der Waals surface area contributed by atoms with Gasteiger partial charge in [-0.15, -0.1) is 0 Å². The molecule has 98 valence electrons. The Hall–Kier alpha value is -0.590. The molecule has 2 aromatic carbocycles. The van der Waals surface area contributed by atoms with Gasteiger partial charge in [0.05, 0.1) is 12.1 Å². The van der Waals surface area contributed by atoms with E-state index in [0.717, 1.165) is 19.3 Å². The van der Waals surface area contributed by atoms with Crippen molar-refractivity contribution in [1.82, 2.24) is 0 Å². The highest BCUT2D eigenvalue weighted by Gasteiger charge is 2.07. The van der Waals surface area contributed by atoms with E-state index in [1.165, 1.54) is 0 Å². The summed E-state index contributed by atoms with van der Waals surface area (Å²) in [6.07, 6.45) is 0.328. The third-order valence-corrected chi connectivity index (χ3v) is 4.09. The average Bonchev–Trinajstić information content (AvgIpc) is 2.37. The third kappa shape index (κ3) is 4.47. The Balaban J connectivity index is 2.05. The summed E-state index contributed by atoms with van der Waals surface area (Å²) in [5.41, 5.74) is 1.72. The van der Waals surface area contributed by atoms with Gasteiger partial charge in [-0.3, -0.25) is 4.79 Å². The zero-order valence-electron chi connectivity index (χ0n) is 9.79. The van der Waals surface area contributed by atoms with Crippen LogP contribution in [-0.4, -0.2) is 5.91 Å². The Morgan fingerprint density at radius 3 is 2.58 bits per heavy atom. The fraction of sp³-hybridized carbons (Fsp3) is 0.0714. The van der Waals surface area contributed by atoms with Gasteiger partial charge in [0.1, 0.15) is 0 Å². The monoisotopic (exact) mass is 449 g/mol. The highest BCUT2D eigenvalue weighted by atomic mass is 127. The first kappa shape index (κ1) is 14.8. The number of carbonyl (C=O) groups excluding carboxylic acids is 1. The Kier molecular flexibility index (Phi) is 5.24. The molecule has 0 radical (unpaired) electrons. The van der Waals surface area contributed by atoms with Crippen molar-refractivity contribution in [3.05, 3.63) is 61.1 Å². The van der Waals surface area contributed by atoms with E-state index in [0.29, 0.717) is 11.4 Å². The van der Waals surface area contributed by atoms with E-state index in [-0.39, 0.29) is 5.91 Å². The summed E-state index contributed by atoms with van der Waals surface area (Å²) in [5.74, 6) is -0.0509. The van der Waals surface area contributed by atoms with Crippen molar-refractivity contribution in [2.45, 2.75) is 6.42 Å². The predicted molar refractivity (Wildman–Crippen MR) is 90.6 cm³/mol. The second-order valence-corrected chi connectivity index (χ2v) is 6.51. The quantitative estimate of drug-likeness (QED) is 0.663. The van der Waals surface area contributed by atoms with Crippen LogP contribution in [0.2, 0.25) is 5.02 Å². The molecule has 0 saturated carbocycles. The average molecular weight is 451 g/mol. The summed E-state index contributed by atoms with van der Waals surface area (Å²) in [6.45, 7) is 0. The molecule has 0 heterocycles. The van der Waals surface area contributed by atoms with Gasteiger partial charge in [-0.25, -0.2) is 0 Å². The number of hydrogen-bond acceptors (Lipinski definition) is 1. The van der Waals surface area contributed by atoms with Crippen LogP contribution in [0.3, 0.4) is 0 Å². The maximum Gasteiger partial charge on any atom is 0.228 e. The van der Waals surface area contributed by atoms with Gasteiger partial charge in [-0.05, 0) is 74.4 Å². The van der Waals surface area contributed by atoms with Crippen LogP contribution in [-0.2, 0) is 11.2 Å². The minimum Gasteiger partial charge on any atom is -0.325 e. The minimum absolute atomic E-state index is 0.0509. The summed E-state index contributed by atoms with van der Waals surface area (Å²) in [6, 6.07) is 13.1. The van der Waals surface area contributed by atoms with E-state index in [4.69, 9.17) is 11.6 Å². The molecule has 0 aliphatic heterocycles. The molecule has 2 aromatic rings. The largest absolute Gasteiger partial charge is 0.325 e. The summed E-state index contributed by atoms with van der Waals surface area (Å²) < 4.78 is 1.94. The van der Waals surface area contributed by atoms with Crippen LogP contribution >= 0.6 is 50.1 Å². The highest BCUT2D eigenvalue weighted by molar-refractivity contribution is 14.1. The van der Waals surface area contributed by atoms with Gasteiger partial charge in [0.15, 0.2) is 0 Å². The molecule has 0 aromatic heterocycles. The molecule has 0 bridgehead atoms. The lowest BCUT2D eigenvalue weighted by Crippen LogP contribution is -2.14. The van der Waals surface area contributed by atoms with Crippen LogP contribution < -0.4 is 5.32 Å². The van der Waals surface area contributed by atoms with E-state index in [1.807, 2.05) is 30.3 Å². The standard InChI is InChI=1S/C14H10BrClINO/c15-12-6-5-11(17)8-13(12)18-14(19)7-9-1-3-10(16)4-2-9/h1-6,8H,7H2,(H,18,19). The number of hydrogen-bond donors (Lipinski definition) is 1. The first-order chi connectivity index (χ1) is 9.04. The smallest absolute Gasteiger partial charge is 0.228 e.